The SMILES string of the molecule is CNC1CC(C(C)O)CN(C(C)=O)C1. The van der Waals surface area contributed by atoms with E-state index < -0.39 is 0 Å². The molecule has 1 aliphatic rings. The van der Waals surface area contributed by atoms with Crippen molar-refractivity contribution in [2.75, 3.05) is 20.1 Å². The number of amides is 1. The lowest BCUT2D eigenvalue weighted by atomic mass is 9.90. The zero-order chi connectivity index (χ0) is 10.7. The van der Waals surface area contributed by atoms with E-state index in [2.05, 4.69) is 5.32 Å². The number of carbonyl (C=O) groups excluding carboxylic acids is 1. The smallest absolute Gasteiger partial charge is 0.219 e. The minimum atomic E-state index is -0.340. The predicted molar refractivity (Wildman–Crippen MR) is 54.9 cm³/mol. The van der Waals surface area contributed by atoms with Crippen LogP contribution in [0.5, 0.6) is 0 Å². The van der Waals surface area contributed by atoms with Crippen LogP contribution in [0.3, 0.4) is 0 Å². The van der Waals surface area contributed by atoms with Gasteiger partial charge in [-0.2, -0.15) is 0 Å². The van der Waals surface area contributed by atoms with Crippen molar-refractivity contribution in [3.8, 4) is 0 Å². The second kappa shape index (κ2) is 4.75. The monoisotopic (exact) mass is 200 g/mol. The highest BCUT2D eigenvalue weighted by Gasteiger charge is 2.29. The summed E-state index contributed by atoms with van der Waals surface area (Å²) in [5.41, 5.74) is 0. The van der Waals surface area contributed by atoms with Gasteiger partial charge in [-0.1, -0.05) is 0 Å². The average Bonchev–Trinajstić information content (AvgIpc) is 2.16. The lowest BCUT2D eigenvalue weighted by Crippen LogP contribution is -2.51. The van der Waals surface area contributed by atoms with Crippen LogP contribution in [-0.4, -0.2) is 48.2 Å². The molecule has 82 valence electrons. The van der Waals surface area contributed by atoms with Gasteiger partial charge in [0.1, 0.15) is 0 Å². The summed E-state index contributed by atoms with van der Waals surface area (Å²) in [4.78, 5) is 13.1. The van der Waals surface area contributed by atoms with Gasteiger partial charge in [0.15, 0.2) is 0 Å². The number of nitrogens with one attached hydrogen (secondary N) is 1. The van der Waals surface area contributed by atoms with Gasteiger partial charge in [-0.25, -0.2) is 0 Å². The third-order valence-electron chi connectivity index (χ3n) is 3.02. The van der Waals surface area contributed by atoms with Crippen molar-refractivity contribution in [2.45, 2.75) is 32.4 Å². The zero-order valence-electron chi connectivity index (χ0n) is 9.16. The number of aliphatic hydroxyl groups excluding tert-OH is 1. The Morgan fingerprint density at radius 3 is 2.64 bits per heavy atom. The minimum Gasteiger partial charge on any atom is -0.393 e. The summed E-state index contributed by atoms with van der Waals surface area (Å²) in [6.45, 7) is 4.82. The van der Waals surface area contributed by atoms with Crippen molar-refractivity contribution in [3.05, 3.63) is 0 Å². The Morgan fingerprint density at radius 1 is 1.57 bits per heavy atom. The van der Waals surface area contributed by atoms with Crippen LogP contribution in [0.4, 0.5) is 0 Å². The van der Waals surface area contributed by atoms with Crippen LogP contribution in [0.25, 0.3) is 0 Å². The molecule has 0 aromatic carbocycles. The maximum atomic E-state index is 11.2. The fraction of sp³-hybridized carbons (Fsp3) is 0.900. The van der Waals surface area contributed by atoms with E-state index in [-0.39, 0.29) is 17.9 Å². The number of rotatable bonds is 2. The Bertz CT molecular complexity index is 206. The molecule has 4 heteroatoms. The number of likely N-dealkylation sites (N-methyl/N-ethyl adjacent to an activating group) is 1. The van der Waals surface area contributed by atoms with Gasteiger partial charge in [0.05, 0.1) is 6.10 Å². The molecule has 14 heavy (non-hydrogen) atoms. The summed E-state index contributed by atoms with van der Waals surface area (Å²) in [6.07, 6.45) is 0.603. The third-order valence-corrected chi connectivity index (χ3v) is 3.02. The molecular formula is C10H20N2O2. The quantitative estimate of drug-likeness (QED) is 0.650. The fourth-order valence-electron chi connectivity index (χ4n) is 1.95. The van der Waals surface area contributed by atoms with E-state index in [4.69, 9.17) is 0 Å². The normalized spacial score (nSPS) is 30.1. The summed E-state index contributed by atoms with van der Waals surface area (Å²) in [6, 6.07) is 0.312. The number of piperidine rings is 1. The van der Waals surface area contributed by atoms with Gasteiger partial charge in [-0.15, -0.1) is 0 Å². The molecule has 3 unspecified atom stereocenters. The first-order valence-corrected chi connectivity index (χ1v) is 5.15. The first-order valence-electron chi connectivity index (χ1n) is 5.15. The molecule has 0 aromatic heterocycles. The molecule has 0 radical (unpaired) electrons. The summed E-state index contributed by atoms with van der Waals surface area (Å²) in [5.74, 6) is 0.292. The van der Waals surface area contributed by atoms with E-state index in [1.54, 1.807) is 13.8 Å². The van der Waals surface area contributed by atoms with Crippen LogP contribution in [0.1, 0.15) is 20.3 Å². The second-order valence-electron chi connectivity index (χ2n) is 4.15. The molecule has 1 fully saturated rings. The van der Waals surface area contributed by atoms with Crippen molar-refractivity contribution >= 4 is 5.91 Å². The van der Waals surface area contributed by atoms with Crippen LogP contribution in [0.2, 0.25) is 0 Å². The number of aliphatic hydroxyl groups is 1. The Labute approximate surface area is 85.3 Å². The van der Waals surface area contributed by atoms with Gasteiger partial charge in [0.2, 0.25) is 5.91 Å². The summed E-state index contributed by atoms with van der Waals surface area (Å²) in [5, 5.41) is 12.7. The third kappa shape index (κ3) is 2.69. The molecule has 0 bridgehead atoms. The molecule has 1 amide bonds. The van der Waals surface area contributed by atoms with Crippen LogP contribution < -0.4 is 5.32 Å². The van der Waals surface area contributed by atoms with E-state index in [1.807, 2.05) is 11.9 Å². The van der Waals surface area contributed by atoms with E-state index in [1.165, 1.54) is 0 Å². The number of hydrogen-bond donors (Lipinski definition) is 2. The standard InChI is InChI=1S/C10H20N2O2/c1-7(13)9-4-10(11-3)6-12(5-9)8(2)14/h7,9-11,13H,4-6H2,1-3H3. The van der Waals surface area contributed by atoms with E-state index in [0.717, 1.165) is 13.0 Å². The van der Waals surface area contributed by atoms with Gasteiger partial charge >= 0.3 is 0 Å². The molecule has 0 saturated carbocycles. The Hall–Kier alpha value is -0.610. The Kier molecular flexibility index (Phi) is 3.89. The van der Waals surface area contributed by atoms with E-state index in [0.29, 0.717) is 12.6 Å². The number of hydrogen-bond acceptors (Lipinski definition) is 3. The lowest BCUT2D eigenvalue weighted by Gasteiger charge is -2.38. The average molecular weight is 200 g/mol. The van der Waals surface area contributed by atoms with Crippen molar-refractivity contribution in [1.29, 1.82) is 0 Å². The van der Waals surface area contributed by atoms with Gasteiger partial charge in [-0.3, -0.25) is 4.79 Å². The summed E-state index contributed by atoms with van der Waals surface area (Å²) >= 11 is 0. The van der Waals surface area contributed by atoms with Crippen molar-refractivity contribution in [3.63, 3.8) is 0 Å². The molecule has 1 heterocycles. The number of carbonyl (C=O) groups is 1. The highest BCUT2D eigenvalue weighted by Crippen LogP contribution is 2.20. The maximum absolute atomic E-state index is 11.2. The second-order valence-corrected chi connectivity index (χ2v) is 4.15. The molecule has 3 atom stereocenters. The van der Waals surface area contributed by atoms with Crippen molar-refractivity contribution in [1.82, 2.24) is 10.2 Å². The van der Waals surface area contributed by atoms with E-state index >= 15 is 0 Å². The summed E-state index contributed by atoms with van der Waals surface area (Å²) in [7, 11) is 1.90. The molecule has 1 saturated heterocycles. The molecular weight excluding hydrogens is 180 g/mol. The Balaban J connectivity index is 2.61. The number of likely N-dealkylation sites (tertiary alicyclic amines) is 1. The fourth-order valence-corrected chi connectivity index (χ4v) is 1.95. The zero-order valence-corrected chi connectivity index (χ0v) is 9.16. The highest BCUT2D eigenvalue weighted by atomic mass is 16.3. The molecule has 0 spiro atoms. The molecule has 4 nitrogen and oxygen atoms in total. The van der Waals surface area contributed by atoms with Crippen molar-refractivity contribution in [2.24, 2.45) is 5.92 Å². The Morgan fingerprint density at radius 2 is 2.21 bits per heavy atom. The largest absolute Gasteiger partial charge is 0.393 e. The minimum absolute atomic E-state index is 0.0931. The summed E-state index contributed by atoms with van der Waals surface area (Å²) < 4.78 is 0. The van der Waals surface area contributed by atoms with Gasteiger partial charge < -0.3 is 15.3 Å². The van der Waals surface area contributed by atoms with Crippen LogP contribution in [0, 0.1) is 5.92 Å². The molecule has 0 aliphatic carbocycles. The molecule has 0 aromatic rings. The predicted octanol–water partition coefficient (Wildman–Crippen LogP) is -0.176. The first-order chi connectivity index (χ1) is 6.54. The van der Waals surface area contributed by atoms with Gasteiger partial charge in [0, 0.05) is 32.0 Å². The van der Waals surface area contributed by atoms with Crippen LogP contribution in [0.15, 0.2) is 0 Å². The van der Waals surface area contributed by atoms with Crippen LogP contribution >= 0.6 is 0 Å². The first kappa shape index (κ1) is 11.5. The molecule has 2 N–H and O–H groups in total. The molecule has 1 rings (SSSR count). The van der Waals surface area contributed by atoms with Crippen LogP contribution in [-0.2, 0) is 4.79 Å². The van der Waals surface area contributed by atoms with E-state index in [9.17, 15) is 9.90 Å². The van der Waals surface area contributed by atoms with Gasteiger partial charge in [-0.05, 0) is 20.4 Å². The van der Waals surface area contributed by atoms with Gasteiger partial charge in [0.25, 0.3) is 0 Å². The molecule has 1 aliphatic heterocycles. The van der Waals surface area contributed by atoms with Crippen molar-refractivity contribution < 1.29 is 9.90 Å². The lowest BCUT2D eigenvalue weighted by molar-refractivity contribution is -0.132. The topological polar surface area (TPSA) is 52.6 Å². The number of nitrogens with zero attached hydrogens (tertiary/aromatic N) is 1. The maximum Gasteiger partial charge on any atom is 0.219 e. The highest BCUT2D eigenvalue weighted by molar-refractivity contribution is 5.73.